The molecule has 0 bridgehead atoms. The highest BCUT2D eigenvalue weighted by molar-refractivity contribution is 6.30. The molecule has 4 rings (SSSR count). The number of nitrogens with one attached hydrogen (secondary N) is 1. The van der Waals surface area contributed by atoms with Crippen LogP contribution in [0.3, 0.4) is 0 Å². The molecule has 2 aromatic carbocycles. The van der Waals surface area contributed by atoms with Crippen molar-refractivity contribution in [1.29, 1.82) is 0 Å². The lowest BCUT2D eigenvalue weighted by Gasteiger charge is -2.10. The highest BCUT2D eigenvalue weighted by atomic mass is 35.5. The van der Waals surface area contributed by atoms with Crippen molar-refractivity contribution < 1.29 is 9.21 Å². The zero-order chi connectivity index (χ0) is 21.8. The van der Waals surface area contributed by atoms with Gasteiger partial charge < -0.3 is 14.6 Å². The lowest BCUT2D eigenvalue weighted by Crippen LogP contribution is -2.31. The summed E-state index contributed by atoms with van der Waals surface area (Å²) < 4.78 is 7.95. The maximum absolute atomic E-state index is 12.3. The molecule has 0 radical (unpaired) electrons. The lowest BCUT2D eigenvalue weighted by atomic mass is 10.1. The Kier molecular flexibility index (Phi) is 6.34. The topological polar surface area (TPSA) is 76.2 Å². The van der Waals surface area contributed by atoms with Crippen LogP contribution in [0.2, 0.25) is 5.02 Å². The first-order valence-electron chi connectivity index (χ1n) is 10.1. The van der Waals surface area contributed by atoms with E-state index in [1.165, 1.54) is 0 Å². The molecule has 31 heavy (non-hydrogen) atoms. The van der Waals surface area contributed by atoms with Crippen molar-refractivity contribution in [2.24, 2.45) is 0 Å². The SMILES string of the molecule is CN(C)CCNC(=O)CCc1oc(-n2cnc3ccccc32)nc1-c1ccc(Cl)cc1. The molecule has 2 heterocycles. The molecule has 0 aliphatic carbocycles. The third kappa shape index (κ3) is 4.95. The number of aryl methyl sites for hydroxylation is 1. The Morgan fingerprint density at radius 2 is 1.94 bits per heavy atom. The predicted molar refractivity (Wildman–Crippen MR) is 121 cm³/mol. The van der Waals surface area contributed by atoms with E-state index in [9.17, 15) is 4.79 Å². The second-order valence-electron chi connectivity index (χ2n) is 7.53. The third-order valence-corrected chi connectivity index (χ3v) is 5.18. The average molecular weight is 438 g/mol. The molecule has 4 aromatic rings. The maximum Gasteiger partial charge on any atom is 0.308 e. The number of amides is 1. The van der Waals surface area contributed by atoms with Gasteiger partial charge in [-0.3, -0.25) is 9.36 Å². The van der Waals surface area contributed by atoms with Crippen LogP contribution in [0.5, 0.6) is 0 Å². The summed E-state index contributed by atoms with van der Waals surface area (Å²) in [6.45, 7) is 1.40. The van der Waals surface area contributed by atoms with Gasteiger partial charge in [0.25, 0.3) is 0 Å². The van der Waals surface area contributed by atoms with Crippen LogP contribution in [0.1, 0.15) is 12.2 Å². The van der Waals surface area contributed by atoms with Crippen LogP contribution in [-0.4, -0.2) is 52.5 Å². The molecule has 0 spiro atoms. The summed E-state index contributed by atoms with van der Waals surface area (Å²) in [4.78, 5) is 23.5. The molecule has 1 amide bonds. The van der Waals surface area contributed by atoms with Crippen molar-refractivity contribution in [3.05, 3.63) is 65.6 Å². The van der Waals surface area contributed by atoms with Gasteiger partial charge in [0.05, 0.1) is 11.0 Å². The van der Waals surface area contributed by atoms with Crippen molar-refractivity contribution in [3.63, 3.8) is 0 Å². The summed E-state index contributed by atoms with van der Waals surface area (Å²) in [5.74, 6) is 0.632. The molecule has 2 aromatic heterocycles. The van der Waals surface area contributed by atoms with Gasteiger partial charge >= 0.3 is 6.01 Å². The predicted octanol–water partition coefficient (Wildman–Crippen LogP) is 3.94. The van der Waals surface area contributed by atoms with E-state index in [1.807, 2.05) is 72.1 Å². The van der Waals surface area contributed by atoms with Gasteiger partial charge in [-0.05, 0) is 38.4 Å². The second kappa shape index (κ2) is 9.32. The van der Waals surface area contributed by atoms with E-state index in [0.717, 1.165) is 23.1 Å². The zero-order valence-corrected chi connectivity index (χ0v) is 18.3. The number of oxazole rings is 1. The standard InChI is InChI=1S/C23H24ClN5O2/c1-28(2)14-13-25-21(30)12-11-20-22(16-7-9-17(24)10-8-16)27-23(31-20)29-15-26-18-5-3-4-6-19(18)29/h3-10,15H,11-14H2,1-2H3,(H,25,30). The van der Waals surface area contributed by atoms with Crippen molar-refractivity contribution in [1.82, 2.24) is 24.8 Å². The molecule has 0 saturated heterocycles. The van der Waals surface area contributed by atoms with E-state index >= 15 is 0 Å². The molecular weight excluding hydrogens is 414 g/mol. The van der Waals surface area contributed by atoms with E-state index in [2.05, 4.69) is 10.3 Å². The maximum atomic E-state index is 12.3. The Labute approximate surface area is 185 Å². The molecule has 160 valence electrons. The van der Waals surface area contributed by atoms with Crippen LogP contribution in [0, 0.1) is 0 Å². The molecule has 0 aliphatic heterocycles. The number of nitrogens with zero attached hydrogens (tertiary/aromatic N) is 4. The number of rotatable bonds is 8. The van der Waals surface area contributed by atoms with Crippen LogP contribution in [0.15, 0.2) is 59.3 Å². The van der Waals surface area contributed by atoms with Crippen molar-refractivity contribution in [2.45, 2.75) is 12.8 Å². The number of hydrogen-bond acceptors (Lipinski definition) is 5. The first kappa shape index (κ1) is 21.1. The van der Waals surface area contributed by atoms with Gasteiger partial charge in [0.2, 0.25) is 5.91 Å². The Morgan fingerprint density at radius 3 is 2.71 bits per heavy atom. The number of likely N-dealkylation sites (N-methyl/N-ethyl adjacent to an activating group) is 1. The van der Waals surface area contributed by atoms with Crippen LogP contribution in [-0.2, 0) is 11.2 Å². The van der Waals surface area contributed by atoms with E-state index in [1.54, 1.807) is 6.33 Å². The summed E-state index contributed by atoms with van der Waals surface area (Å²) in [7, 11) is 3.95. The van der Waals surface area contributed by atoms with Crippen LogP contribution < -0.4 is 5.32 Å². The molecule has 0 atom stereocenters. The third-order valence-electron chi connectivity index (χ3n) is 4.92. The number of benzene rings is 2. The van der Waals surface area contributed by atoms with Gasteiger partial charge in [-0.25, -0.2) is 4.98 Å². The van der Waals surface area contributed by atoms with Gasteiger partial charge in [0.15, 0.2) is 0 Å². The van der Waals surface area contributed by atoms with E-state index in [4.69, 9.17) is 21.0 Å². The molecule has 7 nitrogen and oxygen atoms in total. The summed E-state index contributed by atoms with van der Waals surface area (Å²) in [6, 6.07) is 15.6. The minimum absolute atomic E-state index is 0.0186. The van der Waals surface area contributed by atoms with E-state index < -0.39 is 0 Å². The number of aromatic nitrogens is 3. The second-order valence-corrected chi connectivity index (χ2v) is 7.97. The van der Waals surface area contributed by atoms with Crippen LogP contribution in [0.4, 0.5) is 0 Å². The molecular formula is C23H24ClN5O2. The van der Waals surface area contributed by atoms with Gasteiger partial charge in [0, 0.05) is 36.5 Å². The molecule has 0 fully saturated rings. The monoisotopic (exact) mass is 437 g/mol. The highest BCUT2D eigenvalue weighted by Gasteiger charge is 2.19. The Balaban J connectivity index is 1.61. The fourth-order valence-corrected chi connectivity index (χ4v) is 3.42. The van der Waals surface area contributed by atoms with E-state index in [-0.39, 0.29) is 5.91 Å². The molecule has 0 aliphatic rings. The van der Waals surface area contributed by atoms with E-state index in [0.29, 0.717) is 41.9 Å². The number of imidazole rings is 1. The summed E-state index contributed by atoms with van der Waals surface area (Å²) in [6.07, 6.45) is 2.44. The Hall–Kier alpha value is -3.16. The summed E-state index contributed by atoms with van der Waals surface area (Å²) >= 11 is 6.05. The van der Waals surface area contributed by atoms with Crippen molar-refractivity contribution in [3.8, 4) is 17.3 Å². The molecule has 0 unspecified atom stereocenters. The van der Waals surface area contributed by atoms with Crippen LogP contribution in [0.25, 0.3) is 28.3 Å². The molecule has 8 heteroatoms. The number of carbonyl (C=O) groups excluding carboxylic acids is 1. The number of para-hydroxylation sites is 2. The number of fused-ring (bicyclic) bond motifs is 1. The first-order chi connectivity index (χ1) is 15.0. The first-order valence-corrected chi connectivity index (χ1v) is 10.5. The zero-order valence-electron chi connectivity index (χ0n) is 17.5. The number of carbonyl (C=O) groups is 1. The Morgan fingerprint density at radius 1 is 1.16 bits per heavy atom. The Bertz CT molecular complexity index is 1180. The minimum Gasteiger partial charge on any atom is -0.427 e. The smallest absolute Gasteiger partial charge is 0.308 e. The van der Waals surface area contributed by atoms with Gasteiger partial charge in [0.1, 0.15) is 17.8 Å². The average Bonchev–Trinajstić information content (AvgIpc) is 3.36. The fourth-order valence-electron chi connectivity index (χ4n) is 3.29. The van der Waals surface area contributed by atoms with Crippen LogP contribution >= 0.6 is 11.6 Å². The molecule has 1 N–H and O–H groups in total. The highest BCUT2D eigenvalue weighted by Crippen LogP contribution is 2.29. The summed E-state index contributed by atoms with van der Waals surface area (Å²) in [5.41, 5.74) is 3.34. The minimum atomic E-state index is -0.0186. The normalized spacial score (nSPS) is 11.4. The lowest BCUT2D eigenvalue weighted by molar-refractivity contribution is -0.121. The van der Waals surface area contributed by atoms with Gasteiger partial charge in [-0.2, -0.15) is 4.98 Å². The quantitative estimate of drug-likeness (QED) is 0.451. The van der Waals surface area contributed by atoms with Gasteiger partial charge in [-0.15, -0.1) is 0 Å². The fraction of sp³-hybridized carbons (Fsp3) is 0.261. The van der Waals surface area contributed by atoms with Crippen molar-refractivity contribution >= 4 is 28.5 Å². The summed E-state index contributed by atoms with van der Waals surface area (Å²) in [5, 5.41) is 3.58. The number of hydrogen-bond donors (Lipinski definition) is 1. The largest absolute Gasteiger partial charge is 0.427 e. The van der Waals surface area contributed by atoms with Gasteiger partial charge in [-0.1, -0.05) is 35.9 Å². The van der Waals surface area contributed by atoms with Crippen molar-refractivity contribution in [2.75, 3.05) is 27.2 Å². The molecule has 0 saturated carbocycles. The number of halogens is 1.